The second kappa shape index (κ2) is 10.2. The molecule has 4 rings (SSSR count). The lowest BCUT2D eigenvalue weighted by molar-refractivity contribution is -0.143. The molecule has 2 N–H and O–H groups in total. The molecular formula is C27H21F6N3O2. The Morgan fingerprint density at radius 1 is 0.868 bits per heavy atom. The molecule has 0 saturated heterocycles. The highest BCUT2D eigenvalue weighted by Gasteiger charge is 2.37. The van der Waals surface area contributed by atoms with Crippen LogP contribution < -0.4 is 15.4 Å². The maximum Gasteiger partial charge on any atom is 0.416 e. The van der Waals surface area contributed by atoms with Gasteiger partial charge in [-0.1, -0.05) is 12.1 Å². The van der Waals surface area contributed by atoms with E-state index in [0.29, 0.717) is 28.8 Å². The van der Waals surface area contributed by atoms with E-state index in [-0.39, 0.29) is 23.5 Å². The second-order valence-electron chi connectivity index (χ2n) is 8.69. The summed E-state index contributed by atoms with van der Waals surface area (Å²) >= 11 is 0. The molecule has 38 heavy (non-hydrogen) atoms. The van der Waals surface area contributed by atoms with Crippen molar-refractivity contribution in [2.75, 3.05) is 10.6 Å². The third-order valence-corrected chi connectivity index (χ3v) is 5.34. The van der Waals surface area contributed by atoms with Gasteiger partial charge >= 0.3 is 12.4 Å². The van der Waals surface area contributed by atoms with Crippen LogP contribution in [-0.2, 0) is 12.4 Å². The SMILES string of the molecule is CC(C)Nc1cccc2c(Oc3cccc(NC(=O)c4cc(C(F)(F)F)cc(C(F)(F)F)c4)c3)ccnc12. The molecule has 0 aliphatic rings. The Hall–Kier alpha value is -4.28. The van der Waals surface area contributed by atoms with Gasteiger partial charge in [0.15, 0.2) is 0 Å². The summed E-state index contributed by atoms with van der Waals surface area (Å²) in [4.78, 5) is 17.1. The molecule has 4 aromatic rings. The van der Waals surface area contributed by atoms with Crippen LogP contribution in [-0.4, -0.2) is 16.9 Å². The monoisotopic (exact) mass is 533 g/mol. The molecule has 0 atom stereocenters. The summed E-state index contributed by atoms with van der Waals surface area (Å²) in [6.07, 6.45) is -8.56. The number of rotatable bonds is 6. The number of aromatic nitrogens is 1. The van der Waals surface area contributed by atoms with Gasteiger partial charge in [-0.15, -0.1) is 0 Å². The number of hydrogen-bond acceptors (Lipinski definition) is 4. The maximum atomic E-state index is 13.2. The fourth-order valence-corrected chi connectivity index (χ4v) is 3.72. The third-order valence-electron chi connectivity index (χ3n) is 5.34. The van der Waals surface area contributed by atoms with Crippen LogP contribution in [0.4, 0.5) is 37.7 Å². The van der Waals surface area contributed by atoms with E-state index in [9.17, 15) is 31.1 Å². The van der Waals surface area contributed by atoms with Crippen molar-refractivity contribution in [3.05, 3.63) is 89.6 Å². The number of benzene rings is 3. The van der Waals surface area contributed by atoms with Crippen molar-refractivity contribution in [1.82, 2.24) is 4.98 Å². The minimum absolute atomic E-state index is 0.0353. The van der Waals surface area contributed by atoms with E-state index in [2.05, 4.69) is 15.6 Å². The van der Waals surface area contributed by atoms with E-state index in [0.717, 1.165) is 5.69 Å². The van der Waals surface area contributed by atoms with Gasteiger partial charge in [-0.05, 0) is 62.4 Å². The Balaban J connectivity index is 1.61. The first-order chi connectivity index (χ1) is 17.8. The van der Waals surface area contributed by atoms with Crippen molar-refractivity contribution < 1.29 is 35.9 Å². The Kier molecular flexibility index (Phi) is 7.21. The largest absolute Gasteiger partial charge is 0.457 e. The molecule has 198 valence electrons. The molecule has 0 aliphatic carbocycles. The lowest BCUT2D eigenvalue weighted by atomic mass is 10.0. The minimum Gasteiger partial charge on any atom is -0.457 e. The Morgan fingerprint density at radius 3 is 2.16 bits per heavy atom. The average molecular weight is 533 g/mol. The molecule has 0 bridgehead atoms. The summed E-state index contributed by atoms with van der Waals surface area (Å²) < 4.78 is 85.0. The number of anilines is 2. The zero-order chi connectivity index (χ0) is 27.7. The van der Waals surface area contributed by atoms with Crippen LogP contribution in [0, 0.1) is 0 Å². The van der Waals surface area contributed by atoms with Gasteiger partial charge in [0.1, 0.15) is 11.5 Å². The zero-order valence-corrected chi connectivity index (χ0v) is 20.0. The predicted molar refractivity (Wildman–Crippen MR) is 131 cm³/mol. The van der Waals surface area contributed by atoms with Gasteiger partial charge in [0.05, 0.1) is 22.3 Å². The van der Waals surface area contributed by atoms with Crippen LogP contribution in [0.25, 0.3) is 10.9 Å². The molecule has 1 aromatic heterocycles. The van der Waals surface area contributed by atoms with E-state index in [4.69, 9.17) is 4.74 Å². The topological polar surface area (TPSA) is 63.2 Å². The van der Waals surface area contributed by atoms with E-state index >= 15 is 0 Å². The molecule has 3 aromatic carbocycles. The van der Waals surface area contributed by atoms with Crippen molar-refractivity contribution >= 4 is 28.2 Å². The average Bonchev–Trinajstić information content (AvgIpc) is 2.83. The van der Waals surface area contributed by atoms with Crippen LogP contribution >= 0.6 is 0 Å². The quantitative estimate of drug-likeness (QED) is 0.246. The minimum atomic E-state index is -5.07. The number of nitrogens with zero attached hydrogens (tertiary/aromatic N) is 1. The van der Waals surface area contributed by atoms with E-state index in [1.165, 1.54) is 18.2 Å². The highest BCUT2D eigenvalue weighted by atomic mass is 19.4. The van der Waals surface area contributed by atoms with E-state index in [1.807, 2.05) is 32.0 Å². The Bertz CT molecular complexity index is 1450. The van der Waals surface area contributed by atoms with Gasteiger partial charge in [0.25, 0.3) is 5.91 Å². The van der Waals surface area contributed by atoms with E-state index < -0.39 is 35.0 Å². The van der Waals surface area contributed by atoms with Gasteiger partial charge < -0.3 is 15.4 Å². The number of pyridine rings is 1. The smallest absolute Gasteiger partial charge is 0.416 e. The number of carbonyl (C=O) groups excluding carboxylic acids is 1. The lowest BCUT2D eigenvalue weighted by Crippen LogP contribution is -2.17. The first-order valence-corrected chi connectivity index (χ1v) is 11.3. The molecule has 0 spiro atoms. The number of ether oxygens (including phenoxy) is 1. The summed E-state index contributed by atoms with van der Waals surface area (Å²) in [5, 5.41) is 6.34. The van der Waals surface area contributed by atoms with Crippen LogP contribution in [0.5, 0.6) is 11.5 Å². The lowest BCUT2D eigenvalue weighted by Gasteiger charge is -2.15. The van der Waals surface area contributed by atoms with Crippen molar-refractivity contribution in [2.24, 2.45) is 0 Å². The van der Waals surface area contributed by atoms with Gasteiger partial charge in [-0.3, -0.25) is 9.78 Å². The fraction of sp³-hybridized carbons (Fsp3) is 0.185. The third kappa shape index (κ3) is 6.16. The first-order valence-electron chi connectivity index (χ1n) is 11.3. The molecule has 0 fully saturated rings. The van der Waals surface area contributed by atoms with Gasteiger partial charge in [0.2, 0.25) is 0 Å². The van der Waals surface area contributed by atoms with Crippen LogP contribution in [0.3, 0.4) is 0 Å². The number of nitrogens with one attached hydrogen (secondary N) is 2. The van der Waals surface area contributed by atoms with Crippen molar-refractivity contribution in [3.8, 4) is 11.5 Å². The number of amides is 1. The maximum absolute atomic E-state index is 13.2. The molecule has 0 unspecified atom stereocenters. The number of alkyl halides is 6. The molecule has 1 amide bonds. The van der Waals surface area contributed by atoms with Crippen LogP contribution in [0.15, 0.2) is 72.9 Å². The number of halogens is 6. The number of fused-ring (bicyclic) bond motifs is 1. The summed E-state index contributed by atoms with van der Waals surface area (Å²) in [5.74, 6) is -0.409. The number of hydrogen-bond donors (Lipinski definition) is 2. The summed E-state index contributed by atoms with van der Waals surface area (Å²) in [5.41, 5.74) is -2.35. The predicted octanol–water partition coefficient (Wildman–Crippen LogP) is 8.14. The molecule has 5 nitrogen and oxygen atoms in total. The van der Waals surface area contributed by atoms with Crippen molar-refractivity contribution in [3.63, 3.8) is 0 Å². The molecule has 0 aliphatic heterocycles. The van der Waals surface area contributed by atoms with E-state index in [1.54, 1.807) is 18.3 Å². The molecular weight excluding hydrogens is 512 g/mol. The summed E-state index contributed by atoms with van der Waals surface area (Å²) in [6, 6.07) is 14.0. The fourth-order valence-electron chi connectivity index (χ4n) is 3.72. The van der Waals surface area contributed by atoms with Gasteiger partial charge in [-0.2, -0.15) is 26.3 Å². The highest BCUT2D eigenvalue weighted by Crippen LogP contribution is 2.37. The van der Waals surface area contributed by atoms with Crippen molar-refractivity contribution in [2.45, 2.75) is 32.2 Å². The van der Waals surface area contributed by atoms with Crippen molar-refractivity contribution in [1.29, 1.82) is 0 Å². The zero-order valence-electron chi connectivity index (χ0n) is 20.0. The second-order valence-corrected chi connectivity index (χ2v) is 8.69. The molecule has 0 radical (unpaired) electrons. The molecule has 1 heterocycles. The first kappa shape index (κ1) is 26.8. The Labute approximate surface area is 213 Å². The summed E-state index contributed by atoms with van der Waals surface area (Å²) in [7, 11) is 0. The van der Waals surface area contributed by atoms with Crippen LogP contribution in [0.2, 0.25) is 0 Å². The standard InChI is InChI=1S/C27H21F6N3O2/c1-15(2)35-22-8-4-7-21-23(9-10-34-24(21)22)38-20-6-3-5-19(14-20)36-25(37)16-11-17(26(28,29)30)13-18(12-16)27(31,32)33/h3-15,35H,1-2H3,(H,36,37). The molecule has 0 saturated carbocycles. The highest BCUT2D eigenvalue weighted by molar-refractivity contribution is 6.04. The number of para-hydroxylation sites is 1. The van der Waals surface area contributed by atoms with Gasteiger partial charge in [0, 0.05) is 34.9 Å². The normalized spacial score (nSPS) is 12.0. The van der Waals surface area contributed by atoms with Crippen LogP contribution in [0.1, 0.15) is 35.3 Å². The number of carbonyl (C=O) groups is 1. The molecule has 11 heteroatoms. The van der Waals surface area contributed by atoms with Gasteiger partial charge in [-0.25, -0.2) is 0 Å². The Morgan fingerprint density at radius 2 is 1.53 bits per heavy atom. The summed E-state index contributed by atoms with van der Waals surface area (Å²) in [6.45, 7) is 3.98.